The summed E-state index contributed by atoms with van der Waals surface area (Å²) >= 11 is 0. The van der Waals surface area contributed by atoms with Crippen LogP contribution < -0.4 is 0 Å². The van der Waals surface area contributed by atoms with E-state index in [1.165, 1.54) is 12.0 Å². The van der Waals surface area contributed by atoms with Gasteiger partial charge in [-0.3, -0.25) is 4.79 Å². The molecular weight excluding hydrogens is 272 g/mol. The minimum atomic E-state index is -0.145. The molecule has 3 saturated carbocycles. The molecule has 4 aliphatic carbocycles. The molecule has 6 atom stereocenters. The van der Waals surface area contributed by atoms with Gasteiger partial charge in [0.25, 0.3) is 0 Å². The molecule has 0 aromatic heterocycles. The summed E-state index contributed by atoms with van der Waals surface area (Å²) in [6.45, 7) is 8.67. The smallest absolute Gasteiger partial charge is 0.164 e. The topological polar surface area (TPSA) is 37.3 Å². The highest BCUT2D eigenvalue weighted by molar-refractivity contribution is 6.02. The summed E-state index contributed by atoms with van der Waals surface area (Å²) in [4.78, 5) is 12.6. The largest absolute Gasteiger partial charge is 0.393 e. The number of fused-ring (bicyclic) bond motifs is 5. The van der Waals surface area contributed by atoms with Gasteiger partial charge in [-0.1, -0.05) is 32.1 Å². The van der Waals surface area contributed by atoms with E-state index in [1.54, 1.807) is 0 Å². The molecule has 0 aromatic carbocycles. The van der Waals surface area contributed by atoms with E-state index < -0.39 is 0 Å². The summed E-state index contributed by atoms with van der Waals surface area (Å²) < 4.78 is 0. The second-order valence-corrected chi connectivity index (χ2v) is 8.75. The minimum Gasteiger partial charge on any atom is -0.393 e. The van der Waals surface area contributed by atoms with Gasteiger partial charge in [-0.05, 0) is 73.7 Å². The van der Waals surface area contributed by atoms with Crippen LogP contribution in [0, 0.1) is 28.6 Å². The first-order valence-corrected chi connectivity index (χ1v) is 8.96. The third-order valence-corrected chi connectivity index (χ3v) is 7.77. The number of hydrogen-bond acceptors (Lipinski definition) is 2. The maximum atomic E-state index is 12.6. The third kappa shape index (κ3) is 1.73. The van der Waals surface area contributed by atoms with Crippen LogP contribution in [0.4, 0.5) is 0 Å². The molecule has 2 nitrogen and oxygen atoms in total. The second-order valence-electron chi connectivity index (χ2n) is 8.75. The summed E-state index contributed by atoms with van der Waals surface area (Å²) in [5.74, 6) is 2.16. The normalized spacial score (nSPS) is 51.0. The molecule has 0 aliphatic heterocycles. The fourth-order valence-electron chi connectivity index (χ4n) is 6.38. The summed E-state index contributed by atoms with van der Waals surface area (Å²) in [6, 6.07) is 0. The lowest BCUT2D eigenvalue weighted by Gasteiger charge is -2.56. The zero-order chi connectivity index (χ0) is 15.7. The molecule has 0 amide bonds. The highest BCUT2D eigenvalue weighted by Gasteiger charge is 2.59. The van der Waals surface area contributed by atoms with Gasteiger partial charge < -0.3 is 5.11 Å². The number of rotatable bonds is 0. The van der Waals surface area contributed by atoms with E-state index in [-0.39, 0.29) is 16.9 Å². The Morgan fingerprint density at radius 1 is 1.14 bits per heavy atom. The van der Waals surface area contributed by atoms with Crippen LogP contribution in [-0.2, 0) is 4.79 Å². The van der Waals surface area contributed by atoms with Crippen LogP contribution in [-0.4, -0.2) is 17.0 Å². The van der Waals surface area contributed by atoms with E-state index in [9.17, 15) is 9.90 Å². The van der Waals surface area contributed by atoms with Crippen molar-refractivity contribution in [3.05, 3.63) is 23.8 Å². The van der Waals surface area contributed by atoms with Crippen molar-refractivity contribution in [2.75, 3.05) is 0 Å². The predicted octanol–water partition coefficient (Wildman–Crippen LogP) is 4.05. The molecule has 4 rings (SSSR count). The van der Waals surface area contributed by atoms with E-state index in [4.69, 9.17) is 0 Å². The van der Waals surface area contributed by atoms with Gasteiger partial charge in [0.05, 0.1) is 6.10 Å². The van der Waals surface area contributed by atoms with Crippen LogP contribution in [0.3, 0.4) is 0 Å². The van der Waals surface area contributed by atoms with Gasteiger partial charge in [0.1, 0.15) is 0 Å². The Kier molecular flexibility index (Phi) is 3.05. The molecule has 0 radical (unpaired) electrons. The lowest BCUT2D eigenvalue weighted by atomic mass is 9.48. The van der Waals surface area contributed by atoms with Crippen LogP contribution in [0.1, 0.15) is 58.8 Å². The van der Waals surface area contributed by atoms with E-state index in [2.05, 4.69) is 26.5 Å². The maximum absolute atomic E-state index is 12.6. The number of hydrogen-bond donors (Lipinski definition) is 1. The van der Waals surface area contributed by atoms with Crippen LogP contribution in [0.25, 0.3) is 0 Å². The molecule has 0 unspecified atom stereocenters. The number of aliphatic hydroxyl groups is 1. The Morgan fingerprint density at radius 3 is 2.64 bits per heavy atom. The van der Waals surface area contributed by atoms with Crippen molar-refractivity contribution < 1.29 is 9.90 Å². The molecule has 120 valence electrons. The number of carbonyl (C=O) groups is 1. The minimum absolute atomic E-state index is 0.141. The first-order valence-electron chi connectivity index (χ1n) is 8.96. The van der Waals surface area contributed by atoms with Crippen molar-refractivity contribution in [1.29, 1.82) is 0 Å². The van der Waals surface area contributed by atoms with Crippen LogP contribution in [0.2, 0.25) is 0 Å². The average molecular weight is 300 g/mol. The molecule has 0 saturated heterocycles. The summed E-state index contributed by atoms with van der Waals surface area (Å²) in [7, 11) is 0. The number of aliphatic hydroxyl groups excluding tert-OH is 1. The highest BCUT2D eigenvalue weighted by Crippen LogP contribution is 2.64. The van der Waals surface area contributed by atoms with Gasteiger partial charge in [0, 0.05) is 5.41 Å². The van der Waals surface area contributed by atoms with Crippen molar-refractivity contribution in [3.8, 4) is 0 Å². The van der Waals surface area contributed by atoms with Crippen LogP contribution >= 0.6 is 0 Å². The van der Waals surface area contributed by atoms with E-state index in [1.807, 2.05) is 0 Å². The van der Waals surface area contributed by atoms with Crippen LogP contribution in [0.5, 0.6) is 0 Å². The molecule has 1 N–H and O–H groups in total. The number of carbonyl (C=O) groups excluding carboxylic acids is 1. The zero-order valence-electron chi connectivity index (χ0n) is 13.9. The molecule has 0 heterocycles. The number of Topliss-reactive ketones (excluding diaryl/α,β-unsaturated/α-hetero) is 1. The maximum Gasteiger partial charge on any atom is 0.164 e. The number of ketones is 1. The molecule has 4 aliphatic rings. The predicted molar refractivity (Wildman–Crippen MR) is 87.2 cm³/mol. The summed E-state index contributed by atoms with van der Waals surface area (Å²) in [5, 5.41) is 10.0. The SMILES string of the molecule is C=C1C[C@@H]2[C@H]3CC=C4C[C@@H](O)CC[C@]4(C)[C@H]3CC[C@]2(C)C1=O. The third-order valence-electron chi connectivity index (χ3n) is 7.77. The molecule has 0 aromatic rings. The Morgan fingerprint density at radius 2 is 1.86 bits per heavy atom. The van der Waals surface area contributed by atoms with Crippen molar-refractivity contribution in [2.45, 2.75) is 64.9 Å². The Balaban J connectivity index is 1.71. The molecule has 3 fully saturated rings. The molecule has 2 heteroatoms. The van der Waals surface area contributed by atoms with Crippen LogP contribution in [0.15, 0.2) is 23.8 Å². The van der Waals surface area contributed by atoms with Crippen molar-refractivity contribution >= 4 is 5.78 Å². The second kappa shape index (κ2) is 4.56. The molecular formula is C20H28O2. The standard InChI is InChI=1S/C20H28O2/c1-12-10-17-15-5-4-13-11-14(21)6-8-19(13,2)16(15)7-9-20(17,3)18(12)22/h4,14-17,21H,1,5-11H2,2-3H3/t14-,15-,16-,17+,19-,20-/m0/s1. The zero-order valence-corrected chi connectivity index (χ0v) is 13.9. The highest BCUT2D eigenvalue weighted by atomic mass is 16.3. The number of allylic oxidation sites excluding steroid dienone is 2. The van der Waals surface area contributed by atoms with Gasteiger partial charge in [0.15, 0.2) is 5.78 Å². The van der Waals surface area contributed by atoms with E-state index in [0.29, 0.717) is 23.5 Å². The van der Waals surface area contributed by atoms with Gasteiger partial charge in [-0.25, -0.2) is 0 Å². The fourth-order valence-corrected chi connectivity index (χ4v) is 6.38. The molecule has 0 bridgehead atoms. The lowest BCUT2D eigenvalue weighted by Crippen LogP contribution is -2.50. The first kappa shape index (κ1) is 14.7. The monoisotopic (exact) mass is 300 g/mol. The summed E-state index contributed by atoms with van der Waals surface area (Å²) in [5.41, 5.74) is 2.48. The van der Waals surface area contributed by atoms with Crippen molar-refractivity contribution in [2.24, 2.45) is 28.6 Å². The van der Waals surface area contributed by atoms with Gasteiger partial charge in [0.2, 0.25) is 0 Å². The average Bonchev–Trinajstić information content (AvgIpc) is 2.72. The van der Waals surface area contributed by atoms with E-state index in [0.717, 1.165) is 44.1 Å². The fraction of sp³-hybridized carbons (Fsp3) is 0.750. The van der Waals surface area contributed by atoms with Crippen molar-refractivity contribution in [1.82, 2.24) is 0 Å². The van der Waals surface area contributed by atoms with E-state index >= 15 is 0 Å². The van der Waals surface area contributed by atoms with Gasteiger partial charge in [-0.15, -0.1) is 0 Å². The first-order chi connectivity index (χ1) is 10.4. The van der Waals surface area contributed by atoms with Gasteiger partial charge in [-0.2, -0.15) is 0 Å². The Labute approximate surface area is 133 Å². The molecule has 22 heavy (non-hydrogen) atoms. The lowest BCUT2D eigenvalue weighted by molar-refractivity contribution is -0.130. The van der Waals surface area contributed by atoms with Gasteiger partial charge >= 0.3 is 0 Å². The summed E-state index contributed by atoms with van der Waals surface area (Å²) in [6.07, 6.45) is 9.40. The Bertz CT molecular complexity index is 574. The quantitative estimate of drug-likeness (QED) is 0.541. The Hall–Kier alpha value is -0.890. The molecule has 0 spiro atoms. The van der Waals surface area contributed by atoms with Crippen molar-refractivity contribution in [3.63, 3.8) is 0 Å².